The Kier molecular flexibility index (Phi) is 6.93. The van der Waals surface area contributed by atoms with E-state index in [9.17, 15) is 0 Å². The van der Waals surface area contributed by atoms with Crippen molar-refractivity contribution < 1.29 is 4.42 Å². The van der Waals surface area contributed by atoms with Gasteiger partial charge in [-0.1, -0.05) is 159 Å². The highest BCUT2D eigenvalue weighted by atomic mass is 16.3. The molecule has 1 heterocycles. The van der Waals surface area contributed by atoms with Crippen molar-refractivity contribution in [1.82, 2.24) is 0 Å². The Balaban J connectivity index is 1.17. The molecule has 10 aromatic rings. The summed E-state index contributed by atoms with van der Waals surface area (Å²) in [6.45, 7) is 4.77. The Morgan fingerprint density at radius 2 is 1.05 bits per heavy atom. The Hall–Kier alpha value is -6.90. The number of fused-ring (bicyclic) bond motifs is 8. The van der Waals surface area contributed by atoms with Gasteiger partial charge in [-0.15, -0.1) is 0 Å². The van der Waals surface area contributed by atoms with Crippen LogP contribution in [0, 0.1) is 0 Å². The van der Waals surface area contributed by atoms with Crippen molar-refractivity contribution in [1.29, 1.82) is 0 Å². The molecule has 0 spiro atoms. The summed E-state index contributed by atoms with van der Waals surface area (Å²) in [6, 6.07) is 68.4. The molecule has 1 aliphatic carbocycles. The van der Waals surface area contributed by atoms with Crippen LogP contribution in [-0.2, 0) is 5.41 Å². The zero-order valence-corrected chi connectivity index (χ0v) is 30.8. The van der Waals surface area contributed by atoms with Crippen molar-refractivity contribution in [2.75, 3.05) is 4.90 Å². The molecule has 0 atom stereocenters. The van der Waals surface area contributed by atoms with Crippen LogP contribution in [0.3, 0.4) is 0 Å². The Bertz CT molecular complexity index is 3130. The van der Waals surface area contributed by atoms with Crippen LogP contribution < -0.4 is 4.90 Å². The van der Waals surface area contributed by atoms with Gasteiger partial charge in [-0.3, -0.25) is 0 Å². The molecular weight excluding hydrogens is 667 g/mol. The second-order valence-electron chi connectivity index (χ2n) is 15.3. The third kappa shape index (κ3) is 4.88. The first-order valence-corrected chi connectivity index (χ1v) is 19.1. The van der Waals surface area contributed by atoms with Crippen LogP contribution in [0.2, 0.25) is 0 Å². The first kappa shape index (κ1) is 31.6. The number of nitrogens with zero attached hydrogens (tertiary/aromatic N) is 1. The van der Waals surface area contributed by atoms with Gasteiger partial charge in [-0.2, -0.15) is 0 Å². The first-order valence-electron chi connectivity index (χ1n) is 19.1. The quantitative estimate of drug-likeness (QED) is 0.177. The third-order valence-corrected chi connectivity index (χ3v) is 11.8. The second-order valence-corrected chi connectivity index (χ2v) is 15.3. The molecule has 0 fully saturated rings. The summed E-state index contributed by atoms with van der Waals surface area (Å²) >= 11 is 0. The summed E-state index contributed by atoms with van der Waals surface area (Å²) in [6.07, 6.45) is 0. The molecule has 0 aliphatic heterocycles. The Morgan fingerprint density at radius 1 is 0.436 bits per heavy atom. The molecule has 55 heavy (non-hydrogen) atoms. The smallest absolute Gasteiger partial charge is 0.159 e. The van der Waals surface area contributed by atoms with Crippen LogP contribution in [0.5, 0.6) is 0 Å². The highest BCUT2D eigenvalue weighted by Crippen LogP contribution is 2.57. The molecule has 1 aromatic heterocycles. The van der Waals surface area contributed by atoms with Crippen LogP contribution in [0.25, 0.3) is 76.9 Å². The lowest BCUT2D eigenvalue weighted by Gasteiger charge is -2.30. The van der Waals surface area contributed by atoms with Gasteiger partial charge in [0, 0.05) is 27.4 Å². The average molecular weight is 704 g/mol. The molecule has 260 valence electrons. The van der Waals surface area contributed by atoms with E-state index in [2.05, 4.69) is 201 Å². The molecule has 11 rings (SSSR count). The minimum atomic E-state index is -0.236. The molecule has 2 nitrogen and oxygen atoms in total. The standard InChI is InChI=1S/C53H37NO/c1-53(2)46-19-9-7-17-45(46)50-47(31-30-42(51(50)53)40-25-23-35-13-4-6-15-38(35)33-40)54(48-20-11-18-44-43-16-8-10-21-49(43)55-52(44)48)41-28-26-36(27-29-41)39-24-22-34-12-3-5-14-37(34)32-39/h3-33H,1-2H3. The molecule has 9 aromatic carbocycles. The van der Waals surface area contributed by atoms with Gasteiger partial charge in [0.15, 0.2) is 5.58 Å². The van der Waals surface area contributed by atoms with Gasteiger partial charge in [-0.25, -0.2) is 0 Å². The number of rotatable bonds is 5. The minimum absolute atomic E-state index is 0.236. The van der Waals surface area contributed by atoms with Gasteiger partial charge in [0.1, 0.15) is 5.58 Å². The number of hydrogen-bond acceptors (Lipinski definition) is 2. The first-order chi connectivity index (χ1) is 27.0. The number of hydrogen-bond donors (Lipinski definition) is 0. The van der Waals surface area contributed by atoms with Crippen LogP contribution in [0.4, 0.5) is 17.1 Å². The lowest BCUT2D eigenvalue weighted by atomic mass is 9.78. The maximum absolute atomic E-state index is 6.76. The van der Waals surface area contributed by atoms with E-state index in [1.54, 1.807) is 0 Å². The summed E-state index contributed by atoms with van der Waals surface area (Å²) in [5, 5.41) is 7.21. The fourth-order valence-corrected chi connectivity index (χ4v) is 9.17. The van der Waals surface area contributed by atoms with Gasteiger partial charge in [-0.05, 0) is 103 Å². The SMILES string of the molecule is CC1(C)c2ccccc2-c2c(N(c3ccc(-c4ccc5ccccc5c4)cc3)c3cccc4c3oc3ccccc34)ccc(-c3ccc4ccccc4c3)c21. The monoisotopic (exact) mass is 703 g/mol. The molecule has 2 heteroatoms. The summed E-state index contributed by atoms with van der Waals surface area (Å²) in [5.41, 5.74) is 14.8. The molecule has 0 N–H and O–H groups in total. The van der Waals surface area contributed by atoms with Crippen molar-refractivity contribution in [3.8, 4) is 33.4 Å². The summed E-state index contributed by atoms with van der Waals surface area (Å²) in [5.74, 6) is 0. The molecule has 1 aliphatic rings. The molecule has 0 radical (unpaired) electrons. The summed E-state index contributed by atoms with van der Waals surface area (Å²) < 4.78 is 6.76. The molecule has 0 bridgehead atoms. The number of furan rings is 1. The van der Waals surface area contributed by atoms with Crippen LogP contribution in [0.1, 0.15) is 25.0 Å². The zero-order valence-electron chi connectivity index (χ0n) is 30.8. The minimum Gasteiger partial charge on any atom is -0.454 e. The zero-order chi connectivity index (χ0) is 36.7. The van der Waals surface area contributed by atoms with E-state index in [1.165, 1.54) is 66.1 Å². The van der Waals surface area contributed by atoms with E-state index in [-0.39, 0.29) is 5.41 Å². The Morgan fingerprint density at radius 3 is 1.84 bits per heavy atom. The lowest BCUT2D eigenvalue weighted by Crippen LogP contribution is -2.17. The fraction of sp³-hybridized carbons (Fsp3) is 0.0566. The molecule has 0 amide bonds. The van der Waals surface area contributed by atoms with E-state index in [1.807, 2.05) is 6.07 Å². The van der Waals surface area contributed by atoms with Gasteiger partial charge in [0.25, 0.3) is 0 Å². The van der Waals surface area contributed by atoms with Crippen molar-refractivity contribution in [3.05, 3.63) is 199 Å². The number of para-hydroxylation sites is 2. The van der Waals surface area contributed by atoms with Crippen molar-refractivity contribution in [2.45, 2.75) is 19.3 Å². The fourth-order valence-electron chi connectivity index (χ4n) is 9.17. The molecule has 0 saturated heterocycles. The average Bonchev–Trinajstić information content (AvgIpc) is 3.74. The van der Waals surface area contributed by atoms with E-state index in [0.717, 1.165) is 39.0 Å². The predicted molar refractivity (Wildman–Crippen MR) is 232 cm³/mol. The van der Waals surface area contributed by atoms with E-state index >= 15 is 0 Å². The molecule has 0 unspecified atom stereocenters. The van der Waals surface area contributed by atoms with Gasteiger partial charge in [0.2, 0.25) is 0 Å². The lowest BCUT2D eigenvalue weighted by molar-refractivity contribution is 0.662. The maximum atomic E-state index is 6.76. The molecular formula is C53H37NO. The predicted octanol–water partition coefficient (Wildman–Crippen LogP) is 15.0. The van der Waals surface area contributed by atoms with Crippen molar-refractivity contribution >= 4 is 60.5 Å². The maximum Gasteiger partial charge on any atom is 0.159 e. The van der Waals surface area contributed by atoms with Gasteiger partial charge in [0.05, 0.1) is 11.4 Å². The topological polar surface area (TPSA) is 16.4 Å². The number of anilines is 3. The van der Waals surface area contributed by atoms with Crippen molar-refractivity contribution in [2.24, 2.45) is 0 Å². The van der Waals surface area contributed by atoms with Crippen molar-refractivity contribution in [3.63, 3.8) is 0 Å². The highest BCUT2D eigenvalue weighted by molar-refractivity contribution is 6.11. The van der Waals surface area contributed by atoms with Crippen LogP contribution >= 0.6 is 0 Å². The van der Waals surface area contributed by atoms with Gasteiger partial charge >= 0.3 is 0 Å². The van der Waals surface area contributed by atoms with Crippen LogP contribution in [-0.4, -0.2) is 0 Å². The van der Waals surface area contributed by atoms with E-state index in [0.29, 0.717) is 0 Å². The largest absolute Gasteiger partial charge is 0.454 e. The molecule has 0 saturated carbocycles. The number of benzene rings is 9. The van der Waals surface area contributed by atoms with Gasteiger partial charge < -0.3 is 9.32 Å². The summed E-state index contributed by atoms with van der Waals surface area (Å²) in [4.78, 5) is 2.43. The third-order valence-electron chi connectivity index (χ3n) is 11.8. The van der Waals surface area contributed by atoms with E-state index in [4.69, 9.17) is 4.42 Å². The van der Waals surface area contributed by atoms with Crippen LogP contribution in [0.15, 0.2) is 192 Å². The normalized spacial score (nSPS) is 13.1. The Labute approximate surface area is 320 Å². The second kappa shape index (κ2) is 12.1. The van der Waals surface area contributed by atoms with E-state index < -0.39 is 0 Å². The summed E-state index contributed by atoms with van der Waals surface area (Å²) in [7, 11) is 0. The highest BCUT2D eigenvalue weighted by Gasteiger charge is 2.40.